The van der Waals surface area contributed by atoms with E-state index in [0.717, 1.165) is 19.2 Å². The minimum Gasteiger partial charge on any atom is -0.494 e. The molecule has 1 aliphatic heterocycles. The Labute approximate surface area is 205 Å². The number of hydrogen-bond donors (Lipinski definition) is 1. The molecule has 0 radical (unpaired) electrons. The molecule has 35 heavy (non-hydrogen) atoms. The highest BCUT2D eigenvalue weighted by atomic mass is 32.2. The van der Waals surface area contributed by atoms with Crippen LogP contribution in [0.25, 0.3) is 10.9 Å². The third-order valence-electron chi connectivity index (χ3n) is 5.89. The van der Waals surface area contributed by atoms with Crippen LogP contribution in [-0.4, -0.2) is 66.8 Å². The fourth-order valence-corrected chi connectivity index (χ4v) is 4.74. The van der Waals surface area contributed by atoms with Crippen LogP contribution in [-0.2, 0) is 23.2 Å². The first-order valence-electron chi connectivity index (χ1n) is 11.2. The van der Waals surface area contributed by atoms with Crippen molar-refractivity contribution in [3.8, 4) is 5.75 Å². The standard InChI is InChI=1S/C24H27F3N4O3S/c1-33-19-8-4-6-17-21(29-31(22(17)19)10-9-30-11-13-34-14-12-30)23(32)28-20-16(15-35-2)5-3-7-18(20)24(25,26)27/h3-8H,9-15H2,1-2H3,(H,28,32). The van der Waals surface area contributed by atoms with Gasteiger partial charge in [0.25, 0.3) is 5.91 Å². The number of anilines is 1. The van der Waals surface area contributed by atoms with Crippen LogP contribution in [0.15, 0.2) is 36.4 Å². The normalized spacial score (nSPS) is 14.9. The molecule has 2 heterocycles. The average Bonchev–Trinajstić information content (AvgIpc) is 3.23. The lowest BCUT2D eigenvalue weighted by molar-refractivity contribution is -0.136. The summed E-state index contributed by atoms with van der Waals surface area (Å²) in [5.74, 6) is 0.157. The molecule has 1 saturated heterocycles. The lowest BCUT2D eigenvalue weighted by Gasteiger charge is -2.26. The Bertz CT molecular complexity index is 1190. The fourth-order valence-electron chi connectivity index (χ4n) is 4.19. The summed E-state index contributed by atoms with van der Waals surface area (Å²) in [6.07, 6.45) is -2.82. The third-order valence-corrected chi connectivity index (χ3v) is 6.49. The van der Waals surface area contributed by atoms with Gasteiger partial charge in [-0.15, -0.1) is 0 Å². The summed E-state index contributed by atoms with van der Waals surface area (Å²) in [5, 5.41) is 7.56. The number of carbonyl (C=O) groups is 1. The molecule has 1 fully saturated rings. The second-order valence-corrected chi connectivity index (χ2v) is 8.97. The SMILES string of the molecule is COc1cccc2c(C(=O)Nc3c(CSC)cccc3C(F)(F)F)nn(CCN3CCOCC3)c12. The van der Waals surface area contributed by atoms with Crippen LogP contribution in [0.5, 0.6) is 5.75 Å². The molecule has 0 aliphatic carbocycles. The van der Waals surface area contributed by atoms with E-state index in [-0.39, 0.29) is 11.4 Å². The zero-order valence-electron chi connectivity index (χ0n) is 19.5. The van der Waals surface area contributed by atoms with Crippen molar-refractivity contribution < 1.29 is 27.4 Å². The number of thioether (sulfide) groups is 1. The summed E-state index contributed by atoms with van der Waals surface area (Å²) in [5.41, 5.74) is -0.0478. The summed E-state index contributed by atoms with van der Waals surface area (Å²) in [7, 11) is 1.53. The number of benzene rings is 2. The highest BCUT2D eigenvalue weighted by Gasteiger charge is 2.35. The maximum absolute atomic E-state index is 13.7. The first kappa shape index (κ1) is 25.3. The van der Waals surface area contributed by atoms with Gasteiger partial charge >= 0.3 is 6.18 Å². The monoisotopic (exact) mass is 508 g/mol. The number of halogens is 3. The predicted molar refractivity (Wildman–Crippen MR) is 130 cm³/mol. The van der Waals surface area contributed by atoms with Gasteiger partial charge in [0.15, 0.2) is 5.69 Å². The third kappa shape index (κ3) is 5.57. The van der Waals surface area contributed by atoms with Gasteiger partial charge in [0.05, 0.1) is 38.1 Å². The van der Waals surface area contributed by atoms with Crippen LogP contribution in [0.2, 0.25) is 0 Å². The van der Waals surface area contributed by atoms with Gasteiger partial charge in [-0.1, -0.05) is 24.3 Å². The average molecular weight is 509 g/mol. The number of aromatic nitrogens is 2. The highest BCUT2D eigenvalue weighted by molar-refractivity contribution is 7.97. The maximum atomic E-state index is 13.7. The quantitative estimate of drug-likeness (QED) is 0.483. The maximum Gasteiger partial charge on any atom is 0.418 e. The molecule has 1 N–H and O–H groups in total. The first-order valence-corrected chi connectivity index (χ1v) is 12.6. The number of amides is 1. The predicted octanol–water partition coefficient (Wildman–Crippen LogP) is 4.51. The number of carbonyl (C=O) groups excluding carboxylic acids is 1. The van der Waals surface area contributed by atoms with Crippen molar-refractivity contribution in [2.75, 3.05) is 51.5 Å². The summed E-state index contributed by atoms with van der Waals surface area (Å²) >= 11 is 1.37. The van der Waals surface area contributed by atoms with Crippen molar-refractivity contribution in [3.05, 3.63) is 53.2 Å². The van der Waals surface area contributed by atoms with Crippen molar-refractivity contribution in [2.24, 2.45) is 0 Å². The van der Waals surface area contributed by atoms with Gasteiger partial charge in [-0.2, -0.15) is 30.0 Å². The van der Waals surface area contributed by atoms with Gasteiger partial charge in [-0.25, -0.2) is 0 Å². The van der Waals surface area contributed by atoms with E-state index in [4.69, 9.17) is 9.47 Å². The number of nitrogens with one attached hydrogen (secondary N) is 1. The number of alkyl halides is 3. The number of hydrogen-bond acceptors (Lipinski definition) is 6. The van der Waals surface area contributed by atoms with Crippen molar-refractivity contribution in [1.29, 1.82) is 0 Å². The van der Waals surface area contributed by atoms with E-state index in [1.54, 1.807) is 35.2 Å². The number of fused-ring (bicyclic) bond motifs is 1. The Balaban J connectivity index is 1.70. The van der Waals surface area contributed by atoms with Gasteiger partial charge in [0.1, 0.15) is 11.3 Å². The van der Waals surface area contributed by atoms with E-state index in [0.29, 0.717) is 54.3 Å². The highest BCUT2D eigenvalue weighted by Crippen LogP contribution is 2.38. The molecule has 188 valence electrons. The molecule has 7 nitrogen and oxygen atoms in total. The number of ether oxygens (including phenoxy) is 2. The van der Waals surface area contributed by atoms with E-state index >= 15 is 0 Å². The summed E-state index contributed by atoms with van der Waals surface area (Å²) < 4.78 is 53.8. The molecule has 0 unspecified atom stereocenters. The van der Waals surface area contributed by atoms with Gasteiger partial charge in [-0.3, -0.25) is 14.4 Å². The van der Waals surface area contributed by atoms with Gasteiger partial charge in [0, 0.05) is 30.8 Å². The van der Waals surface area contributed by atoms with Crippen LogP contribution in [0, 0.1) is 0 Å². The number of rotatable bonds is 8. The van der Waals surface area contributed by atoms with Gasteiger partial charge in [0.2, 0.25) is 0 Å². The molecule has 11 heteroatoms. The molecule has 1 aliphatic rings. The molecule has 1 amide bonds. The van der Waals surface area contributed by atoms with E-state index in [9.17, 15) is 18.0 Å². The molecule has 4 rings (SSSR count). The van der Waals surface area contributed by atoms with E-state index < -0.39 is 17.6 Å². The summed E-state index contributed by atoms with van der Waals surface area (Å²) in [6.45, 7) is 4.10. The smallest absolute Gasteiger partial charge is 0.418 e. The van der Waals surface area contributed by atoms with Crippen molar-refractivity contribution >= 4 is 34.3 Å². The molecular formula is C24H27F3N4O3S. The molecule has 0 bridgehead atoms. The van der Waals surface area contributed by atoms with Crippen LogP contribution in [0.1, 0.15) is 21.6 Å². The number of methoxy groups -OCH3 is 1. The summed E-state index contributed by atoms with van der Waals surface area (Å²) in [4.78, 5) is 15.6. The number of para-hydroxylation sites is 2. The minimum atomic E-state index is -4.61. The lowest BCUT2D eigenvalue weighted by atomic mass is 10.1. The molecule has 2 aromatic carbocycles. The number of morpholine rings is 1. The van der Waals surface area contributed by atoms with Gasteiger partial charge in [-0.05, 0) is 24.0 Å². The second kappa shape index (κ2) is 10.9. The fraction of sp³-hybridized carbons (Fsp3) is 0.417. The minimum absolute atomic E-state index is 0.0490. The Kier molecular flexibility index (Phi) is 7.88. The largest absolute Gasteiger partial charge is 0.494 e. The van der Waals surface area contributed by atoms with Crippen LogP contribution < -0.4 is 10.1 Å². The zero-order chi connectivity index (χ0) is 25.0. The molecular weight excluding hydrogens is 481 g/mol. The van der Waals surface area contributed by atoms with Crippen LogP contribution in [0.4, 0.5) is 18.9 Å². The van der Waals surface area contributed by atoms with Crippen LogP contribution in [0.3, 0.4) is 0 Å². The van der Waals surface area contributed by atoms with E-state index in [2.05, 4.69) is 15.3 Å². The Hall–Kier alpha value is -2.76. The molecule has 0 saturated carbocycles. The van der Waals surface area contributed by atoms with Crippen LogP contribution >= 0.6 is 11.8 Å². The Morgan fingerprint density at radius 2 is 1.91 bits per heavy atom. The molecule has 0 atom stereocenters. The number of nitrogens with zero attached hydrogens (tertiary/aromatic N) is 3. The Morgan fingerprint density at radius 3 is 2.60 bits per heavy atom. The Morgan fingerprint density at radius 1 is 1.17 bits per heavy atom. The van der Waals surface area contributed by atoms with Crippen molar-refractivity contribution in [3.63, 3.8) is 0 Å². The van der Waals surface area contributed by atoms with Gasteiger partial charge < -0.3 is 14.8 Å². The molecule has 3 aromatic rings. The lowest BCUT2D eigenvalue weighted by Crippen LogP contribution is -2.38. The zero-order valence-corrected chi connectivity index (χ0v) is 20.3. The van der Waals surface area contributed by atoms with E-state index in [1.165, 1.54) is 24.9 Å². The first-order chi connectivity index (χ1) is 16.8. The topological polar surface area (TPSA) is 68.6 Å². The van der Waals surface area contributed by atoms with E-state index in [1.807, 2.05) is 0 Å². The van der Waals surface area contributed by atoms with Crippen molar-refractivity contribution in [1.82, 2.24) is 14.7 Å². The molecule has 1 aromatic heterocycles. The van der Waals surface area contributed by atoms with Crippen molar-refractivity contribution in [2.45, 2.75) is 18.5 Å². The summed E-state index contributed by atoms with van der Waals surface area (Å²) in [6, 6.07) is 9.14. The second-order valence-electron chi connectivity index (χ2n) is 8.11. The molecule has 0 spiro atoms.